The fraction of sp³-hybridized carbons (Fsp3) is 0.429. The molecule has 5 nitrogen and oxygen atoms in total. The fourth-order valence-corrected chi connectivity index (χ4v) is 4.70. The predicted molar refractivity (Wildman–Crippen MR) is 140 cm³/mol. The molecule has 1 aliphatic rings. The van der Waals surface area contributed by atoms with E-state index in [9.17, 15) is 9.18 Å². The number of carbonyl (C=O) groups is 1. The van der Waals surface area contributed by atoms with E-state index in [0.29, 0.717) is 17.9 Å². The number of likely N-dealkylation sites (tertiary alicyclic amines) is 1. The summed E-state index contributed by atoms with van der Waals surface area (Å²) in [6, 6.07) is 12.3. The Hall–Kier alpha value is -2.70. The van der Waals surface area contributed by atoms with Crippen molar-refractivity contribution in [3.63, 3.8) is 0 Å². The van der Waals surface area contributed by atoms with Crippen LogP contribution < -0.4 is 10.1 Å². The van der Waals surface area contributed by atoms with E-state index >= 15 is 0 Å². The van der Waals surface area contributed by atoms with E-state index < -0.39 is 5.82 Å². The summed E-state index contributed by atoms with van der Waals surface area (Å²) in [7, 11) is 0. The van der Waals surface area contributed by atoms with Crippen LogP contribution in [0, 0.1) is 5.82 Å². The minimum absolute atomic E-state index is 0.0234. The van der Waals surface area contributed by atoms with Gasteiger partial charge < -0.3 is 15.0 Å². The third-order valence-electron chi connectivity index (χ3n) is 6.19. The molecule has 4 rings (SSSR count). The quantitative estimate of drug-likeness (QED) is 0.367. The number of piperidine rings is 1. The average molecular weight is 498 g/mol. The van der Waals surface area contributed by atoms with Crippen LogP contribution >= 0.6 is 11.6 Å². The number of nitrogens with zero attached hydrogens (tertiary/aromatic N) is 2. The Labute approximate surface area is 211 Å². The zero-order chi connectivity index (χ0) is 24.8. The molecular weight excluding hydrogens is 465 g/mol. The molecule has 0 aliphatic carbocycles. The van der Waals surface area contributed by atoms with Crippen LogP contribution in [0.4, 0.5) is 4.39 Å². The summed E-state index contributed by atoms with van der Waals surface area (Å²) in [5.41, 5.74) is 2.81. The molecule has 0 saturated carbocycles. The molecule has 0 atom stereocenters. The van der Waals surface area contributed by atoms with Gasteiger partial charge in [0.15, 0.2) is 0 Å². The van der Waals surface area contributed by atoms with Crippen molar-refractivity contribution < 1.29 is 13.9 Å². The molecule has 0 bridgehead atoms. The van der Waals surface area contributed by atoms with Crippen molar-refractivity contribution in [3.8, 4) is 17.0 Å². The summed E-state index contributed by atoms with van der Waals surface area (Å²) in [5, 5.41) is 3.84. The van der Waals surface area contributed by atoms with Crippen LogP contribution in [0.15, 0.2) is 42.5 Å². The smallest absolute Gasteiger partial charge is 0.224 e. The lowest BCUT2D eigenvalue weighted by Gasteiger charge is -2.26. The Bertz CT molecular complexity index is 1180. The van der Waals surface area contributed by atoms with Crippen LogP contribution in [0.5, 0.6) is 5.75 Å². The number of benzene rings is 2. The number of carbonyl (C=O) groups excluding carboxylic acids is 1. The van der Waals surface area contributed by atoms with Gasteiger partial charge in [-0.25, -0.2) is 9.37 Å². The second kappa shape index (κ2) is 11.8. The number of nitrogens with one attached hydrogen (secondary N) is 1. The van der Waals surface area contributed by atoms with E-state index in [1.807, 2.05) is 38.1 Å². The first-order valence-electron chi connectivity index (χ1n) is 12.4. The molecular formula is C28H33ClFN3O2. The molecule has 2 heterocycles. The summed E-state index contributed by atoms with van der Waals surface area (Å²) in [5.74, 6) is 0.200. The topological polar surface area (TPSA) is 54.5 Å². The van der Waals surface area contributed by atoms with E-state index in [2.05, 4.69) is 10.2 Å². The highest BCUT2D eigenvalue weighted by molar-refractivity contribution is 6.31. The van der Waals surface area contributed by atoms with Crippen molar-refractivity contribution in [2.75, 3.05) is 26.2 Å². The molecule has 35 heavy (non-hydrogen) atoms. The lowest BCUT2D eigenvalue weighted by Crippen LogP contribution is -2.31. The number of pyridine rings is 1. The maximum Gasteiger partial charge on any atom is 0.224 e. The summed E-state index contributed by atoms with van der Waals surface area (Å²) < 4.78 is 19.8. The molecule has 1 fully saturated rings. The highest BCUT2D eigenvalue weighted by atomic mass is 35.5. The number of fused-ring (bicyclic) bond motifs is 1. The van der Waals surface area contributed by atoms with Crippen molar-refractivity contribution in [3.05, 3.63) is 58.9 Å². The summed E-state index contributed by atoms with van der Waals surface area (Å²) in [6.45, 7) is 7.95. The minimum atomic E-state index is -0.489. The third kappa shape index (κ3) is 6.92. The van der Waals surface area contributed by atoms with Gasteiger partial charge in [0.2, 0.25) is 5.91 Å². The summed E-state index contributed by atoms with van der Waals surface area (Å²) >= 11 is 6.04. The van der Waals surface area contributed by atoms with Crippen molar-refractivity contribution in [1.29, 1.82) is 0 Å². The van der Waals surface area contributed by atoms with Crippen molar-refractivity contribution in [1.82, 2.24) is 15.2 Å². The minimum Gasteiger partial charge on any atom is -0.494 e. The predicted octanol–water partition coefficient (Wildman–Crippen LogP) is 6.02. The molecule has 3 aromatic rings. The molecule has 1 amide bonds. The Balaban J connectivity index is 1.55. The number of ether oxygens (including phenoxy) is 1. The van der Waals surface area contributed by atoms with E-state index in [0.717, 1.165) is 35.2 Å². The first-order chi connectivity index (χ1) is 16.9. The number of halogens is 2. The Morgan fingerprint density at radius 2 is 1.94 bits per heavy atom. The number of hydrogen-bond acceptors (Lipinski definition) is 4. The fourth-order valence-electron chi connectivity index (χ4n) is 4.52. The average Bonchev–Trinajstić information content (AvgIpc) is 2.83. The molecule has 1 aliphatic heterocycles. The van der Waals surface area contributed by atoms with Gasteiger partial charge in [-0.15, -0.1) is 0 Å². The van der Waals surface area contributed by atoms with Crippen LogP contribution in [0.2, 0.25) is 5.02 Å². The Morgan fingerprint density at radius 1 is 1.14 bits per heavy atom. The first-order valence-corrected chi connectivity index (χ1v) is 12.8. The maximum absolute atomic E-state index is 13.8. The van der Waals surface area contributed by atoms with Crippen LogP contribution in [0.3, 0.4) is 0 Å². The molecule has 0 spiro atoms. The van der Waals surface area contributed by atoms with Crippen LogP contribution in [0.25, 0.3) is 22.2 Å². The number of hydrogen-bond donors (Lipinski definition) is 1. The van der Waals surface area contributed by atoms with Gasteiger partial charge in [0.25, 0.3) is 0 Å². The molecule has 2 aromatic carbocycles. The lowest BCUT2D eigenvalue weighted by molar-refractivity contribution is -0.120. The molecule has 1 aromatic heterocycles. The number of rotatable bonds is 9. The van der Waals surface area contributed by atoms with Crippen molar-refractivity contribution >= 4 is 28.4 Å². The molecule has 0 unspecified atom stereocenters. The second-order valence-corrected chi connectivity index (χ2v) is 9.89. The van der Waals surface area contributed by atoms with E-state index in [1.165, 1.54) is 38.4 Å². The SMILES string of the molecule is CC(C)NC(=O)Cc1cc2cc(OCCCN3CCCCC3)ccc2nc1-c1ccc(F)c(Cl)c1. The second-order valence-electron chi connectivity index (χ2n) is 9.48. The van der Waals surface area contributed by atoms with Gasteiger partial charge in [0.05, 0.1) is 29.3 Å². The molecule has 7 heteroatoms. The molecule has 1 saturated heterocycles. The number of amides is 1. The normalized spacial score (nSPS) is 14.4. The van der Waals surface area contributed by atoms with Gasteiger partial charge in [0, 0.05) is 23.5 Å². The van der Waals surface area contributed by atoms with Crippen molar-refractivity contribution in [2.45, 2.75) is 52.0 Å². The lowest BCUT2D eigenvalue weighted by atomic mass is 10.0. The zero-order valence-corrected chi connectivity index (χ0v) is 21.2. The standard InChI is InChI=1S/C28H33ClFN3O2/c1-19(2)31-27(34)18-22-15-21-16-23(35-14-6-13-33-11-4-3-5-12-33)8-10-26(21)32-28(22)20-7-9-25(30)24(29)17-20/h7-10,15-17,19H,3-6,11-14,18H2,1-2H3,(H,31,34). The van der Waals surface area contributed by atoms with Gasteiger partial charge in [-0.3, -0.25) is 4.79 Å². The van der Waals surface area contributed by atoms with Crippen LogP contribution in [-0.4, -0.2) is 48.1 Å². The van der Waals surface area contributed by atoms with Crippen LogP contribution in [0.1, 0.15) is 45.1 Å². The molecule has 186 valence electrons. The van der Waals surface area contributed by atoms with E-state index in [-0.39, 0.29) is 23.4 Å². The molecule has 0 radical (unpaired) electrons. The largest absolute Gasteiger partial charge is 0.494 e. The monoisotopic (exact) mass is 497 g/mol. The Kier molecular flexibility index (Phi) is 8.58. The highest BCUT2D eigenvalue weighted by Crippen LogP contribution is 2.30. The summed E-state index contributed by atoms with van der Waals surface area (Å²) in [4.78, 5) is 19.9. The van der Waals surface area contributed by atoms with Gasteiger partial charge in [-0.2, -0.15) is 0 Å². The highest BCUT2D eigenvalue weighted by Gasteiger charge is 2.16. The van der Waals surface area contributed by atoms with Gasteiger partial charge in [-0.05, 0) is 94.2 Å². The van der Waals surface area contributed by atoms with E-state index in [1.54, 1.807) is 12.1 Å². The molecule has 1 N–H and O–H groups in total. The Morgan fingerprint density at radius 3 is 2.69 bits per heavy atom. The maximum atomic E-state index is 13.8. The van der Waals surface area contributed by atoms with Gasteiger partial charge in [0.1, 0.15) is 11.6 Å². The zero-order valence-electron chi connectivity index (χ0n) is 20.4. The first kappa shape index (κ1) is 25.4. The summed E-state index contributed by atoms with van der Waals surface area (Å²) in [6.07, 6.45) is 5.08. The van der Waals surface area contributed by atoms with E-state index in [4.69, 9.17) is 21.3 Å². The third-order valence-corrected chi connectivity index (χ3v) is 6.48. The van der Waals surface area contributed by atoms with Gasteiger partial charge in [-0.1, -0.05) is 18.0 Å². The van der Waals surface area contributed by atoms with Crippen LogP contribution in [-0.2, 0) is 11.2 Å². The van der Waals surface area contributed by atoms with Gasteiger partial charge >= 0.3 is 0 Å². The van der Waals surface area contributed by atoms with Crippen molar-refractivity contribution in [2.24, 2.45) is 0 Å². The number of aromatic nitrogens is 1.